The molecule has 0 unspecified atom stereocenters. The second kappa shape index (κ2) is 55.9. The van der Waals surface area contributed by atoms with Crippen molar-refractivity contribution in [3.05, 3.63) is 215 Å². The molecule has 30 aliphatic heterocycles. The van der Waals surface area contributed by atoms with Crippen LogP contribution in [0, 0.1) is 0 Å². The molecule has 0 spiro atoms. The third-order valence-corrected chi connectivity index (χ3v) is 29.4. The third-order valence-electron chi connectivity index (χ3n) is 29.4. The van der Waals surface area contributed by atoms with Crippen molar-refractivity contribution >= 4 is 0 Å². The second-order valence-corrected chi connectivity index (χ2v) is 37.3. The van der Waals surface area contributed by atoms with E-state index in [2.05, 4.69) is 0 Å². The van der Waals surface area contributed by atoms with E-state index >= 15 is 0 Å². The van der Waals surface area contributed by atoms with Crippen LogP contribution in [0.2, 0.25) is 0 Å². The highest BCUT2D eigenvalue weighted by atomic mass is 16.8. The van der Waals surface area contributed by atoms with Gasteiger partial charge in [0.05, 0.1) is 52.9 Å². The van der Waals surface area contributed by atoms with Gasteiger partial charge >= 0.3 is 0 Å². The summed E-state index contributed by atoms with van der Waals surface area (Å²) in [6.45, 7) is -1.18. The topological polar surface area (TPSA) is 369 Å². The number of hydrogen-bond acceptors (Lipinski definition) is 40. The van der Waals surface area contributed by atoms with E-state index in [0.717, 1.165) is 33.4 Å². The lowest BCUT2D eigenvalue weighted by Gasteiger charge is -2.53. The summed E-state index contributed by atoms with van der Waals surface area (Å²) in [6.07, 6.45) is -46.6. The Balaban J connectivity index is 0.862. The summed E-state index contributed by atoms with van der Waals surface area (Å²) in [5.41, 5.74) is 2.02. The predicted octanol–water partition coefficient (Wildman–Crippen LogP) is 7.02. The molecule has 40 nitrogen and oxygen atoms in total. The maximum atomic E-state index is 7.79. The zero-order valence-electron chi connectivity index (χ0n) is 88.4. The lowest BCUT2D eigenvalue weighted by molar-refractivity contribution is -0.410. The maximum Gasteiger partial charge on any atom is 0.187 e. The van der Waals surface area contributed by atoms with E-state index in [4.69, 9.17) is 189 Å². The molecule has 0 amide bonds. The first-order valence-corrected chi connectivity index (χ1v) is 49.9. The third kappa shape index (κ3) is 24.4. The summed E-state index contributed by atoms with van der Waals surface area (Å²) in [6, 6.07) is 59.5. The highest BCUT2D eigenvalue weighted by molar-refractivity contribution is 5.49. The Hall–Kier alpha value is -6.28. The Morgan fingerprint density at radius 1 is 0.149 bits per heavy atom. The number of ether oxygens (including phenoxy) is 40. The Kier molecular flexibility index (Phi) is 43.7. The van der Waals surface area contributed by atoms with Crippen LogP contribution in [0.4, 0.5) is 0 Å². The summed E-state index contributed by atoms with van der Waals surface area (Å²) >= 11 is 0. The molecule has 30 heterocycles. The first-order chi connectivity index (χ1) is 72.4. The van der Waals surface area contributed by atoms with Crippen LogP contribution in [0.25, 0.3) is 0 Å². The highest BCUT2D eigenvalue weighted by Crippen LogP contribution is 2.49. The van der Waals surface area contributed by atoms with Gasteiger partial charge in [-0.25, -0.2) is 0 Å². The minimum absolute atomic E-state index is 0.0872. The quantitative estimate of drug-likeness (QED) is 0.0349. The van der Waals surface area contributed by atoms with Crippen LogP contribution in [0.5, 0.6) is 0 Å². The summed E-state index contributed by atoms with van der Waals surface area (Å²) < 4.78 is 275. The van der Waals surface area contributed by atoms with Crippen LogP contribution in [-0.2, 0) is 201 Å². The molecule has 6 aromatic rings. The van der Waals surface area contributed by atoms with Crippen molar-refractivity contribution < 1.29 is 189 Å². The molecule has 0 radical (unpaired) electrons. The zero-order chi connectivity index (χ0) is 105. The van der Waals surface area contributed by atoms with Crippen LogP contribution in [0.15, 0.2) is 182 Å². The van der Waals surface area contributed by atoms with E-state index in [1.54, 1.807) is 7.11 Å². The van der Waals surface area contributed by atoms with Gasteiger partial charge in [0.15, 0.2) is 50.3 Å². The number of rotatable bonds is 40. The summed E-state index contributed by atoms with van der Waals surface area (Å²) in [5.74, 6) is 0. The highest BCUT2D eigenvalue weighted by Gasteiger charge is 2.64. The Morgan fingerprint density at radius 3 is 0.372 bits per heavy atom. The minimum Gasteiger partial charge on any atom is -0.382 e. The van der Waals surface area contributed by atoms with E-state index in [-0.39, 0.29) is 52.9 Å². The zero-order valence-corrected chi connectivity index (χ0v) is 88.4. The van der Waals surface area contributed by atoms with Crippen molar-refractivity contribution in [3.8, 4) is 0 Å². The van der Waals surface area contributed by atoms with Gasteiger partial charge in [0.25, 0.3) is 0 Å². The van der Waals surface area contributed by atoms with Crippen LogP contribution < -0.4 is 0 Å². The molecule has 0 aliphatic carbocycles. The lowest BCUT2D eigenvalue weighted by atomic mass is 9.80. The predicted molar refractivity (Wildman–Crippen MR) is 523 cm³/mol. The Bertz CT molecular complexity index is 4410. The Labute approximate surface area is 866 Å². The van der Waals surface area contributed by atoms with Crippen molar-refractivity contribution in [2.24, 2.45) is 0 Å². The summed E-state index contributed by atoms with van der Waals surface area (Å²) in [4.78, 5) is 0. The number of methoxy groups -OCH3 is 22. The van der Waals surface area contributed by atoms with Gasteiger partial charge < -0.3 is 189 Å². The summed E-state index contributed by atoms with van der Waals surface area (Å²) in [7, 11) is 33.4. The molecule has 148 heavy (non-hydrogen) atoms. The second-order valence-electron chi connectivity index (χ2n) is 37.3. The van der Waals surface area contributed by atoms with E-state index in [9.17, 15) is 0 Å². The molecule has 0 aromatic heterocycles. The van der Waals surface area contributed by atoms with Gasteiger partial charge in [0, 0.05) is 156 Å². The minimum atomic E-state index is -1.43. The SMILES string of the molecule is COC[C@H]1O[C@@H]2O[C@H]3[C@H](OC)[C@@H](OC)[C@@H](O[C@H]4[C@H](OC)[C@@H](OC)[C@@H](O[C@H]5[C@H](OC)[C@@H](OC)[C@@H](O[C@H]6[C@H](OC)[C@@H](OC)[C@@H](O[C@H]7[C@H](OC)[C@@H](OC)[C@@H](O[C@H]8[C@H](OC)[C@@H](OC)[C@@H](O[C@H]9[C@H](OC)[C@H](OC)[C@@H](O[C@H]1[C@H](OC)[C@@H]2OC)O[C@@H]9COC)O[C@@H]8COC)O[C@@H]7COC)O[C@@H]6COC)O[C@@H]5COC(c1ccccc1)(c1ccccc1)c1ccccc1)O[C@@H]4COC)O[C@@H]3COC(c1ccccc1)(c1ccccc1)c1ccccc1. The smallest absolute Gasteiger partial charge is 0.187 e. The van der Waals surface area contributed by atoms with E-state index < -0.39 is 257 Å². The fourth-order valence-electron chi connectivity index (χ4n) is 22.6. The summed E-state index contributed by atoms with van der Waals surface area (Å²) in [5, 5.41) is 0. The number of hydrogen-bond donors (Lipinski definition) is 0. The lowest BCUT2D eigenvalue weighted by Crippen LogP contribution is -2.70. The van der Waals surface area contributed by atoms with Crippen LogP contribution in [0.1, 0.15) is 33.4 Å². The van der Waals surface area contributed by atoms with Gasteiger partial charge in [-0.05, 0) is 33.4 Å². The van der Waals surface area contributed by atoms with Gasteiger partial charge in [-0.3, -0.25) is 0 Å². The van der Waals surface area contributed by atoms with E-state index in [0.29, 0.717) is 0 Å². The first kappa shape index (κ1) is 116. The Morgan fingerprint density at radius 2 is 0.264 bits per heavy atom. The molecule has 30 aliphatic rings. The average Bonchev–Trinajstić information content (AvgIpc) is 0.751. The molecule has 30 saturated heterocycles. The van der Waals surface area contributed by atoms with Crippen LogP contribution >= 0.6 is 0 Å². The molecule has 0 saturated carbocycles. The molecule has 16 bridgehead atoms. The molecular weight excluding hydrogens is 1940 g/mol. The maximum absolute atomic E-state index is 7.79. The van der Waals surface area contributed by atoms with Crippen molar-refractivity contribution in [3.63, 3.8) is 0 Å². The molecule has 824 valence electrons. The van der Waals surface area contributed by atoms with Gasteiger partial charge in [-0.1, -0.05) is 182 Å². The van der Waals surface area contributed by atoms with Crippen molar-refractivity contribution in [2.75, 3.05) is 209 Å². The molecule has 30 fully saturated rings. The molecule has 40 heteroatoms. The van der Waals surface area contributed by atoms with Crippen molar-refractivity contribution in [2.45, 2.75) is 257 Å². The molecule has 6 aromatic carbocycles. The molecule has 40 atom stereocenters. The number of benzene rings is 6. The standard InChI is InChI=1S/C108H152O40/c1-109-53-67-75-83(115-7)91(123-15)99(133-67)142-76-68(54-110-2)135-101(93(125-17)84(76)116-8)144-78-70(56-112-4)137-103(95(127-19)86(78)118-10)147-81-73(59-131-107(61-41-29-23-30-42-61,62-43-31-24-32-44-62)63-45-33-25-34-46-63)140-106(98(130-22)89(81)121-13)146-80-72(58-114-6)138-104(96(128-20)88(80)120-12)148-82-74(60-132-108(64-47-35-26-36-48-64,65-49-37-27-38-50-65)66-51-39-28-40-52-66)139-105(97(129-21)90(82)122-14)145-79-71(57-113-5)136-102(94(126-18)87(79)119-11)143-77-69(55-111-3)134-100(141-75)92(124-16)85(77)117-9/h23-52,67-106H,53-60H2,1-22H3/t67-,68-,69-,70-,71-,72-,73-,74-,75-,76-,77-,78-,79-,80-,81-,82-,83+,84+,85+,86+,87+,88+,89+,90+,91-,92-,93+,94-,95+,96-,97-,98-,99-,100-,101-,102-,103-,104-,105-,106-/m1/s1. The molecule has 36 rings (SSSR count). The normalized spacial score (nSPS) is 37.8. The van der Waals surface area contributed by atoms with Crippen molar-refractivity contribution in [1.29, 1.82) is 0 Å². The molecule has 0 N–H and O–H groups in total. The van der Waals surface area contributed by atoms with Crippen LogP contribution in [-0.4, -0.2) is 455 Å². The largest absolute Gasteiger partial charge is 0.382 e. The van der Waals surface area contributed by atoms with Gasteiger partial charge in [-0.2, -0.15) is 0 Å². The first-order valence-electron chi connectivity index (χ1n) is 49.9. The van der Waals surface area contributed by atoms with Crippen LogP contribution in [0.3, 0.4) is 0 Å². The molecular formula is C108H152O40. The fraction of sp³-hybridized carbons (Fsp3) is 0.667. The van der Waals surface area contributed by atoms with Gasteiger partial charge in [0.2, 0.25) is 0 Å². The van der Waals surface area contributed by atoms with Gasteiger partial charge in [-0.15, -0.1) is 0 Å². The van der Waals surface area contributed by atoms with E-state index in [1.165, 1.54) is 149 Å². The monoisotopic (exact) mass is 2090 g/mol. The van der Waals surface area contributed by atoms with Crippen molar-refractivity contribution in [1.82, 2.24) is 0 Å². The van der Waals surface area contributed by atoms with Gasteiger partial charge in [0.1, 0.15) is 207 Å². The van der Waals surface area contributed by atoms with E-state index in [1.807, 2.05) is 182 Å². The average molecular weight is 2090 g/mol. The fourth-order valence-corrected chi connectivity index (χ4v) is 22.6.